The Labute approximate surface area is 213 Å². The number of esters is 1. The number of ether oxygens (including phenoxy) is 1. The molecule has 2 heterocycles. The minimum Gasteiger partial charge on any atom is -0.422 e. The summed E-state index contributed by atoms with van der Waals surface area (Å²) in [5.74, 6) is -2.78. The molecule has 0 N–H and O–H groups in total. The van der Waals surface area contributed by atoms with Gasteiger partial charge in [-0.05, 0) is 53.9 Å². The fourth-order valence-corrected chi connectivity index (χ4v) is 4.23. The molecule has 0 spiro atoms. The third-order valence-electron chi connectivity index (χ3n) is 5.07. The molecular formula is C24H16Cl2N2O6S. The van der Waals surface area contributed by atoms with Gasteiger partial charge in [-0.25, -0.2) is 9.80 Å². The summed E-state index contributed by atoms with van der Waals surface area (Å²) in [7, 11) is 0. The predicted molar refractivity (Wildman–Crippen MR) is 129 cm³/mol. The van der Waals surface area contributed by atoms with Gasteiger partial charge in [-0.2, -0.15) is 5.01 Å². The molecule has 2 aromatic carbocycles. The second kappa shape index (κ2) is 10.4. The van der Waals surface area contributed by atoms with E-state index >= 15 is 0 Å². The van der Waals surface area contributed by atoms with Gasteiger partial charge in [-0.15, -0.1) is 11.3 Å². The number of hydrazine groups is 1. The third-order valence-corrected chi connectivity index (χ3v) is 6.66. The number of hydrogen-bond acceptors (Lipinski definition) is 7. The van der Waals surface area contributed by atoms with Crippen LogP contribution >= 0.6 is 34.5 Å². The summed E-state index contributed by atoms with van der Waals surface area (Å²) in [6.07, 6.45) is -0.134. The molecule has 1 aliphatic heterocycles. The normalized spacial score (nSPS) is 13.1. The second-order valence-electron chi connectivity index (χ2n) is 7.41. The number of nitrogens with zero attached hydrogens (tertiary/aromatic N) is 2. The van der Waals surface area contributed by atoms with Crippen LogP contribution in [-0.4, -0.2) is 46.0 Å². The Kier molecular flexibility index (Phi) is 7.30. The van der Waals surface area contributed by atoms with E-state index in [0.717, 1.165) is 5.01 Å². The van der Waals surface area contributed by atoms with Crippen molar-refractivity contribution >= 4 is 64.0 Å². The fourth-order valence-electron chi connectivity index (χ4n) is 3.33. The Bertz CT molecular complexity index is 1310. The van der Waals surface area contributed by atoms with Crippen LogP contribution in [0.25, 0.3) is 0 Å². The zero-order chi connectivity index (χ0) is 25.1. The zero-order valence-electron chi connectivity index (χ0n) is 17.9. The topological polar surface area (TPSA) is 101 Å². The summed E-state index contributed by atoms with van der Waals surface area (Å²) < 4.78 is 5.28. The molecule has 1 fully saturated rings. The standard InChI is InChI=1S/C24H16Cl2N2O6S/c25-17-8-5-15(12-18(17)26)23(32)27(28-21(30)9-10-22(28)31)13-19(29)14-3-6-16(7-4-14)34-24(33)20-2-1-11-35-20/h1-8,11-12H,9-10,13H2. The van der Waals surface area contributed by atoms with Crippen LogP contribution in [0.15, 0.2) is 60.0 Å². The van der Waals surface area contributed by atoms with Gasteiger partial charge in [0.2, 0.25) is 11.8 Å². The lowest BCUT2D eigenvalue weighted by molar-refractivity contribution is -0.152. The van der Waals surface area contributed by atoms with Gasteiger partial charge in [0.25, 0.3) is 5.91 Å². The average Bonchev–Trinajstić information content (AvgIpc) is 3.50. The van der Waals surface area contributed by atoms with Crippen LogP contribution in [0.2, 0.25) is 10.0 Å². The van der Waals surface area contributed by atoms with Crippen LogP contribution in [0, 0.1) is 0 Å². The van der Waals surface area contributed by atoms with E-state index in [9.17, 15) is 24.0 Å². The van der Waals surface area contributed by atoms with Crippen molar-refractivity contribution in [3.05, 3.63) is 86.0 Å². The van der Waals surface area contributed by atoms with E-state index in [4.69, 9.17) is 27.9 Å². The molecule has 0 aliphatic carbocycles. The molecule has 1 saturated heterocycles. The number of carbonyl (C=O) groups is 5. The Morgan fingerprint density at radius 3 is 2.17 bits per heavy atom. The number of amides is 3. The first kappa shape index (κ1) is 24.6. The molecule has 0 bridgehead atoms. The number of carbonyl (C=O) groups excluding carboxylic acids is 5. The number of imide groups is 1. The lowest BCUT2D eigenvalue weighted by atomic mass is 10.1. The highest BCUT2D eigenvalue weighted by Crippen LogP contribution is 2.25. The fraction of sp³-hybridized carbons (Fsp3) is 0.125. The molecule has 0 saturated carbocycles. The summed E-state index contributed by atoms with van der Waals surface area (Å²) in [4.78, 5) is 63.4. The highest BCUT2D eigenvalue weighted by molar-refractivity contribution is 7.12. The summed E-state index contributed by atoms with van der Waals surface area (Å²) in [6.45, 7) is -0.578. The largest absolute Gasteiger partial charge is 0.422 e. The van der Waals surface area contributed by atoms with Crippen LogP contribution < -0.4 is 4.74 Å². The quantitative estimate of drug-likeness (QED) is 0.190. The number of halogens is 2. The van der Waals surface area contributed by atoms with Crippen molar-refractivity contribution in [2.45, 2.75) is 12.8 Å². The molecule has 178 valence electrons. The van der Waals surface area contributed by atoms with Crippen LogP contribution in [0.1, 0.15) is 43.2 Å². The zero-order valence-corrected chi connectivity index (χ0v) is 20.2. The molecule has 0 unspecified atom stereocenters. The van der Waals surface area contributed by atoms with Gasteiger partial charge in [0.15, 0.2) is 5.78 Å². The average molecular weight is 531 g/mol. The Morgan fingerprint density at radius 2 is 1.57 bits per heavy atom. The summed E-state index contributed by atoms with van der Waals surface area (Å²) in [6, 6.07) is 13.2. The van der Waals surface area contributed by atoms with Gasteiger partial charge in [-0.1, -0.05) is 29.3 Å². The molecule has 0 radical (unpaired) electrons. The maximum atomic E-state index is 13.2. The summed E-state index contributed by atoms with van der Waals surface area (Å²) in [5.41, 5.74) is 0.238. The van der Waals surface area contributed by atoms with Crippen LogP contribution in [0.4, 0.5) is 0 Å². The van der Waals surface area contributed by atoms with Gasteiger partial charge < -0.3 is 4.74 Å². The Hall–Kier alpha value is -3.53. The van der Waals surface area contributed by atoms with Gasteiger partial charge in [0, 0.05) is 24.0 Å². The molecule has 11 heteroatoms. The van der Waals surface area contributed by atoms with Crippen LogP contribution in [0.5, 0.6) is 5.75 Å². The predicted octanol–water partition coefficient (Wildman–Crippen LogP) is 4.66. The van der Waals surface area contributed by atoms with Gasteiger partial charge in [-0.3, -0.25) is 19.2 Å². The van der Waals surface area contributed by atoms with Crippen LogP contribution in [0.3, 0.4) is 0 Å². The molecule has 4 rings (SSSR count). The van der Waals surface area contributed by atoms with E-state index < -0.39 is 36.0 Å². The molecule has 1 aromatic heterocycles. The monoisotopic (exact) mass is 530 g/mol. The second-order valence-corrected chi connectivity index (χ2v) is 9.17. The van der Waals surface area contributed by atoms with Crippen molar-refractivity contribution in [1.29, 1.82) is 0 Å². The van der Waals surface area contributed by atoms with E-state index in [-0.39, 0.29) is 39.8 Å². The number of benzene rings is 2. The SMILES string of the molecule is O=C(CN(C(=O)c1ccc(Cl)c(Cl)c1)N1C(=O)CCC1=O)c1ccc(OC(=O)c2cccs2)cc1. The molecule has 8 nitrogen and oxygen atoms in total. The minimum atomic E-state index is -0.762. The van der Waals surface area contributed by atoms with Crippen molar-refractivity contribution in [3.63, 3.8) is 0 Å². The first-order chi connectivity index (χ1) is 16.7. The number of thiophene rings is 1. The minimum absolute atomic E-state index is 0.0514. The molecular weight excluding hydrogens is 515 g/mol. The molecule has 35 heavy (non-hydrogen) atoms. The van der Waals surface area contributed by atoms with Gasteiger partial charge in [0.1, 0.15) is 17.2 Å². The smallest absolute Gasteiger partial charge is 0.353 e. The molecule has 0 atom stereocenters. The number of rotatable bonds is 7. The highest BCUT2D eigenvalue weighted by Gasteiger charge is 2.38. The van der Waals surface area contributed by atoms with Crippen molar-refractivity contribution in [1.82, 2.24) is 10.0 Å². The Balaban J connectivity index is 1.54. The number of Topliss-reactive ketones (excluding diaryl/α,β-unsaturated/α-hetero) is 1. The Morgan fingerprint density at radius 1 is 0.914 bits per heavy atom. The maximum Gasteiger partial charge on any atom is 0.353 e. The highest BCUT2D eigenvalue weighted by atomic mass is 35.5. The van der Waals surface area contributed by atoms with E-state index in [1.165, 1.54) is 53.8 Å². The first-order valence-electron chi connectivity index (χ1n) is 10.3. The summed E-state index contributed by atoms with van der Waals surface area (Å²) >= 11 is 13.2. The first-order valence-corrected chi connectivity index (χ1v) is 11.9. The van der Waals surface area contributed by atoms with E-state index in [1.807, 2.05) is 0 Å². The summed E-state index contributed by atoms with van der Waals surface area (Å²) in [5, 5.41) is 3.58. The molecule has 3 amide bonds. The number of ketones is 1. The van der Waals surface area contributed by atoms with Gasteiger partial charge >= 0.3 is 5.97 Å². The molecule has 1 aliphatic rings. The van der Waals surface area contributed by atoms with Crippen LogP contribution in [-0.2, 0) is 9.59 Å². The van der Waals surface area contributed by atoms with Gasteiger partial charge in [0.05, 0.1) is 10.0 Å². The van der Waals surface area contributed by atoms with Crippen molar-refractivity contribution in [3.8, 4) is 5.75 Å². The van der Waals surface area contributed by atoms with E-state index in [2.05, 4.69) is 0 Å². The lowest BCUT2D eigenvalue weighted by Gasteiger charge is -2.29. The number of hydrogen-bond donors (Lipinski definition) is 0. The van der Waals surface area contributed by atoms with Crippen molar-refractivity contribution in [2.24, 2.45) is 0 Å². The van der Waals surface area contributed by atoms with E-state index in [1.54, 1.807) is 17.5 Å². The molecule has 3 aromatic rings. The maximum absolute atomic E-state index is 13.2. The van der Waals surface area contributed by atoms with Crippen molar-refractivity contribution < 1.29 is 28.7 Å². The van der Waals surface area contributed by atoms with Crippen molar-refractivity contribution in [2.75, 3.05) is 6.54 Å². The van der Waals surface area contributed by atoms with E-state index in [0.29, 0.717) is 9.89 Å². The lowest BCUT2D eigenvalue weighted by Crippen LogP contribution is -2.51. The third kappa shape index (κ3) is 5.43.